The highest BCUT2D eigenvalue weighted by molar-refractivity contribution is 6.15. The van der Waals surface area contributed by atoms with Crippen molar-refractivity contribution < 1.29 is 27.6 Å². The van der Waals surface area contributed by atoms with E-state index in [1.807, 2.05) is 0 Å². The molecule has 0 aliphatic carbocycles. The molecule has 142 valence electrons. The second kappa shape index (κ2) is 7.32. The molecule has 10 heteroatoms. The zero-order valence-corrected chi connectivity index (χ0v) is 14.3. The third-order valence-electron chi connectivity index (χ3n) is 3.93. The van der Waals surface area contributed by atoms with E-state index in [2.05, 4.69) is 5.43 Å². The monoisotopic (exact) mass is 372 g/mol. The van der Waals surface area contributed by atoms with Gasteiger partial charge in [0.2, 0.25) is 5.91 Å². The van der Waals surface area contributed by atoms with E-state index in [-0.39, 0.29) is 18.5 Å². The molecule has 0 saturated carbocycles. The summed E-state index contributed by atoms with van der Waals surface area (Å²) in [4.78, 5) is 35.9. The number of carbonyl (C=O) groups is 3. The number of nitrogens with one attached hydrogen (secondary N) is 1. The Morgan fingerprint density at radius 3 is 2.46 bits per heavy atom. The van der Waals surface area contributed by atoms with Gasteiger partial charge in [-0.1, -0.05) is 6.08 Å². The molecule has 0 aromatic heterocycles. The molecule has 0 bridgehead atoms. The van der Waals surface area contributed by atoms with Gasteiger partial charge in [0.05, 0.1) is 5.57 Å². The molecule has 2 aliphatic rings. The third kappa shape index (κ3) is 4.13. The molecule has 1 fully saturated rings. The predicted octanol–water partition coefficient (Wildman–Crippen LogP) is 1.11. The minimum Gasteiger partial charge on any atom is -0.385 e. The van der Waals surface area contributed by atoms with Crippen molar-refractivity contribution in [2.45, 2.75) is 38.9 Å². The number of hydrogen-bond acceptors (Lipinski definition) is 5. The van der Waals surface area contributed by atoms with Crippen LogP contribution in [-0.2, 0) is 14.4 Å². The molecule has 3 N–H and O–H groups in total. The van der Waals surface area contributed by atoms with Crippen LogP contribution in [0.4, 0.5) is 13.2 Å². The largest absolute Gasteiger partial charge is 0.419 e. The summed E-state index contributed by atoms with van der Waals surface area (Å²) >= 11 is 0. The van der Waals surface area contributed by atoms with Gasteiger partial charge in [-0.05, 0) is 26.3 Å². The number of likely N-dealkylation sites (tertiary alicyclic amines) is 1. The zero-order valence-electron chi connectivity index (χ0n) is 14.3. The van der Waals surface area contributed by atoms with Gasteiger partial charge < -0.3 is 5.73 Å². The highest BCUT2D eigenvalue weighted by Crippen LogP contribution is 2.30. The molecule has 1 saturated heterocycles. The normalized spacial score (nSPS) is 21.0. The molecule has 0 spiro atoms. The van der Waals surface area contributed by atoms with Crippen molar-refractivity contribution in [2.24, 2.45) is 5.73 Å². The Morgan fingerprint density at radius 1 is 1.35 bits per heavy atom. The van der Waals surface area contributed by atoms with Crippen LogP contribution in [0.1, 0.15) is 26.7 Å². The van der Waals surface area contributed by atoms with Crippen LogP contribution in [0, 0.1) is 0 Å². The van der Waals surface area contributed by atoms with Gasteiger partial charge in [-0.3, -0.25) is 19.3 Å². The number of alkyl halides is 3. The molecule has 2 heterocycles. The van der Waals surface area contributed by atoms with Gasteiger partial charge in [-0.15, -0.1) is 0 Å². The number of nitrogens with zero attached hydrogens (tertiary/aromatic N) is 2. The summed E-state index contributed by atoms with van der Waals surface area (Å²) in [5.41, 5.74) is 7.17. The molecule has 1 unspecified atom stereocenters. The number of nitrogens with two attached hydrogens (primary N) is 1. The first-order chi connectivity index (χ1) is 12.0. The van der Waals surface area contributed by atoms with Crippen LogP contribution < -0.4 is 11.2 Å². The quantitative estimate of drug-likeness (QED) is 0.557. The summed E-state index contributed by atoms with van der Waals surface area (Å²) in [6, 6.07) is -0.776. The highest BCUT2D eigenvalue weighted by atomic mass is 19.4. The van der Waals surface area contributed by atoms with E-state index in [1.165, 1.54) is 13.8 Å². The molecule has 26 heavy (non-hydrogen) atoms. The minimum absolute atomic E-state index is 0.133. The van der Waals surface area contributed by atoms with E-state index < -0.39 is 41.3 Å². The molecule has 1 atom stereocenters. The molecule has 0 aromatic rings. The number of amides is 3. The van der Waals surface area contributed by atoms with Crippen LogP contribution in [0.2, 0.25) is 0 Å². The van der Waals surface area contributed by atoms with Gasteiger partial charge in [-0.25, -0.2) is 10.4 Å². The Labute approximate surface area is 147 Å². The number of rotatable bonds is 5. The SMILES string of the molecule is CC1=CC(=O)N(NC(C)/C=C\C(=C(/N)N2CCCC2=O)C(F)(F)F)C1=O. The standard InChI is InChI=1S/C16H19F3N4O3/c1-9-8-13(25)23(15(9)26)21-10(2)5-6-11(16(17,18)19)14(20)22-7-3-4-12(22)24/h5-6,8,10,21H,3-4,7,20H2,1-2H3/b6-5-,14-11-. The predicted molar refractivity (Wildman–Crippen MR) is 85.6 cm³/mol. The summed E-state index contributed by atoms with van der Waals surface area (Å²) in [7, 11) is 0. The van der Waals surface area contributed by atoms with Crippen molar-refractivity contribution in [1.29, 1.82) is 0 Å². The van der Waals surface area contributed by atoms with Crippen molar-refractivity contribution in [3.8, 4) is 0 Å². The second-order valence-electron chi connectivity index (χ2n) is 6.03. The molecule has 0 radical (unpaired) electrons. The number of allylic oxidation sites excluding steroid dienone is 2. The average molecular weight is 372 g/mol. The molecule has 2 rings (SSSR count). The van der Waals surface area contributed by atoms with Crippen LogP contribution in [0.5, 0.6) is 0 Å². The summed E-state index contributed by atoms with van der Waals surface area (Å²) in [6.07, 6.45) is -1.18. The summed E-state index contributed by atoms with van der Waals surface area (Å²) in [5.74, 6) is -2.28. The maximum Gasteiger partial charge on any atom is 0.419 e. The third-order valence-corrected chi connectivity index (χ3v) is 3.93. The van der Waals surface area contributed by atoms with E-state index in [0.29, 0.717) is 6.42 Å². The average Bonchev–Trinajstić information content (AvgIpc) is 3.05. The van der Waals surface area contributed by atoms with Crippen LogP contribution in [-0.4, -0.2) is 46.4 Å². The molecule has 0 aromatic carbocycles. The number of hydrogen-bond donors (Lipinski definition) is 2. The molecule has 2 aliphatic heterocycles. The Bertz CT molecular complexity index is 725. The number of hydrazine groups is 1. The first kappa shape index (κ1) is 19.7. The maximum absolute atomic E-state index is 13.3. The maximum atomic E-state index is 13.3. The molecule has 7 nitrogen and oxygen atoms in total. The van der Waals surface area contributed by atoms with Crippen molar-refractivity contribution in [2.75, 3.05) is 6.54 Å². The summed E-state index contributed by atoms with van der Waals surface area (Å²) in [6.45, 7) is 3.06. The van der Waals surface area contributed by atoms with Crippen LogP contribution >= 0.6 is 0 Å². The molecular weight excluding hydrogens is 353 g/mol. The van der Waals surface area contributed by atoms with Gasteiger partial charge in [-0.2, -0.15) is 13.2 Å². The van der Waals surface area contributed by atoms with E-state index in [0.717, 1.165) is 28.1 Å². The smallest absolute Gasteiger partial charge is 0.385 e. The summed E-state index contributed by atoms with van der Waals surface area (Å²) < 4.78 is 39.9. The van der Waals surface area contributed by atoms with Crippen LogP contribution in [0.3, 0.4) is 0 Å². The van der Waals surface area contributed by atoms with Crippen molar-refractivity contribution in [1.82, 2.24) is 15.3 Å². The second-order valence-corrected chi connectivity index (χ2v) is 6.03. The van der Waals surface area contributed by atoms with Crippen LogP contribution in [0.25, 0.3) is 0 Å². The lowest BCUT2D eigenvalue weighted by molar-refractivity contribution is -0.141. The van der Waals surface area contributed by atoms with Gasteiger partial charge in [0.25, 0.3) is 11.8 Å². The van der Waals surface area contributed by atoms with Gasteiger partial charge in [0.1, 0.15) is 5.82 Å². The zero-order chi connectivity index (χ0) is 19.6. The Morgan fingerprint density at radius 2 is 2.00 bits per heavy atom. The minimum atomic E-state index is -4.76. The Kier molecular flexibility index (Phi) is 5.55. The molecule has 3 amide bonds. The number of carbonyl (C=O) groups excluding carboxylic acids is 3. The van der Waals surface area contributed by atoms with E-state index in [4.69, 9.17) is 5.73 Å². The summed E-state index contributed by atoms with van der Waals surface area (Å²) in [5, 5.41) is 0.731. The highest BCUT2D eigenvalue weighted by Gasteiger charge is 2.37. The first-order valence-corrected chi connectivity index (χ1v) is 7.90. The topological polar surface area (TPSA) is 95.7 Å². The van der Waals surface area contributed by atoms with E-state index in [9.17, 15) is 27.6 Å². The van der Waals surface area contributed by atoms with Gasteiger partial charge >= 0.3 is 6.18 Å². The fraction of sp³-hybridized carbons (Fsp3) is 0.438. The van der Waals surface area contributed by atoms with E-state index >= 15 is 0 Å². The Hall–Kier alpha value is -2.62. The number of imide groups is 1. The fourth-order valence-electron chi connectivity index (χ4n) is 2.57. The molecular formula is C16H19F3N4O3. The van der Waals surface area contributed by atoms with Gasteiger partial charge in [0.15, 0.2) is 0 Å². The lowest BCUT2D eigenvalue weighted by atomic mass is 10.2. The Balaban J connectivity index is 2.17. The van der Waals surface area contributed by atoms with Gasteiger partial charge in [0, 0.05) is 30.7 Å². The first-order valence-electron chi connectivity index (χ1n) is 7.90. The van der Waals surface area contributed by atoms with Crippen molar-refractivity contribution in [3.63, 3.8) is 0 Å². The van der Waals surface area contributed by atoms with Crippen molar-refractivity contribution >= 4 is 17.7 Å². The van der Waals surface area contributed by atoms with Crippen molar-refractivity contribution in [3.05, 3.63) is 35.2 Å². The lowest BCUT2D eigenvalue weighted by Crippen LogP contribution is -2.47. The van der Waals surface area contributed by atoms with E-state index in [1.54, 1.807) is 0 Å². The lowest BCUT2D eigenvalue weighted by Gasteiger charge is -2.21. The van der Waals surface area contributed by atoms with Crippen LogP contribution in [0.15, 0.2) is 35.2 Å². The number of halogens is 3. The fourth-order valence-corrected chi connectivity index (χ4v) is 2.57.